The van der Waals surface area contributed by atoms with Gasteiger partial charge in [-0.25, -0.2) is 0 Å². The number of hydrogen-bond acceptors (Lipinski definition) is 7. The van der Waals surface area contributed by atoms with Crippen LogP contribution in [0.2, 0.25) is 0 Å². The van der Waals surface area contributed by atoms with Crippen LogP contribution in [0.4, 0.5) is 0 Å². The summed E-state index contributed by atoms with van der Waals surface area (Å²) >= 11 is 0. The molecule has 0 heterocycles. The van der Waals surface area contributed by atoms with Gasteiger partial charge in [0.2, 0.25) is 5.78 Å². The Morgan fingerprint density at radius 2 is 1.62 bits per heavy atom. The van der Waals surface area contributed by atoms with Crippen LogP contribution < -0.4 is 0 Å². The molecule has 1 saturated carbocycles. The van der Waals surface area contributed by atoms with E-state index in [0.717, 1.165) is 23.6 Å². The molecule has 0 saturated heterocycles. The van der Waals surface area contributed by atoms with Crippen LogP contribution in [0, 0.1) is 36.5 Å². The topological polar surface area (TPSA) is 132 Å². The number of aryl methyl sites for hydroxylation is 4. The van der Waals surface area contributed by atoms with Gasteiger partial charge in [-0.3, -0.25) is 14.4 Å². The molecule has 45 heavy (non-hydrogen) atoms. The highest BCUT2D eigenvalue weighted by atomic mass is 16.3. The van der Waals surface area contributed by atoms with Gasteiger partial charge in [0, 0.05) is 22.3 Å². The first kappa shape index (κ1) is 32.7. The predicted molar refractivity (Wildman–Crippen MR) is 173 cm³/mol. The predicted octanol–water partition coefficient (Wildman–Crippen LogP) is 6.72. The Morgan fingerprint density at radius 3 is 2.18 bits per heavy atom. The molecule has 7 nitrogen and oxygen atoms in total. The van der Waals surface area contributed by atoms with Gasteiger partial charge < -0.3 is 20.4 Å². The summed E-state index contributed by atoms with van der Waals surface area (Å²) in [6, 6.07) is 8.27. The zero-order chi connectivity index (χ0) is 33.5. The summed E-state index contributed by atoms with van der Waals surface area (Å²) in [5.74, 6) is -5.02. The minimum atomic E-state index is -2.62. The number of Topliss-reactive ketones (excluding diaryl/α,β-unsaturated/α-hetero) is 3. The summed E-state index contributed by atoms with van der Waals surface area (Å²) in [5.41, 5.74) is 0.207. The third-order valence-corrected chi connectivity index (χ3v) is 11.0. The van der Waals surface area contributed by atoms with Crippen molar-refractivity contribution in [2.45, 2.75) is 99.5 Å². The van der Waals surface area contributed by atoms with Gasteiger partial charge in [0.25, 0.3) is 0 Å². The number of benzene rings is 2. The number of allylic oxidation sites excluding steroid dienone is 1. The van der Waals surface area contributed by atoms with Crippen molar-refractivity contribution >= 4 is 23.1 Å². The monoisotopic (exact) mass is 614 g/mol. The van der Waals surface area contributed by atoms with Gasteiger partial charge in [-0.05, 0) is 91.7 Å². The van der Waals surface area contributed by atoms with E-state index in [1.807, 2.05) is 26.8 Å². The molecular formula is C38H46O7. The van der Waals surface area contributed by atoms with E-state index in [4.69, 9.17) is 0 Å². The molecule has 5 rings (SSSR count). The number of aliphatic hydroxyl groups excluding tert-OH is 2. The number of phenolic OH excluding ortho intramolecular Hbond substituents is 1. The number of aliphatic hydroxyl groups is 3. The molecule has 0 radical (unpaired) electrons. The van der Waals surface area contributed by atoms with Crippen LogP contribution in [-0.4, -0.2) is 43.4 Å². The molecule has 0 aliphatic heterocycles. The van der Waals surface area contributed by atoms with E-state index in [1.54, 1.807) is 20.8 Å². The molecule has 0 aromatic heterocycles. The fourth-order valence-electron chi connectivity index (χ4n) is 8.82. The maximum absolute atomic E-state index is 14.6. The van der Waals surface area contributed by atoms with E-state index in [-0.39, 0.29) is 41.6 Å². The number of carbonyl (C=O) groups is 3. The van der Waals surface area contributed by atoms with Gasteiger partial charge in [0.15, 0.2) is 17.2 Å². The summed E-state index contributed by atoms with van der Waals surface area (Å²) in [7, 11) is 0. The lowest BCUT2D eigenvalue weighted by atomic mass is 9.43. The quantitative estimate of drug-likeness (QED) is 0.266. The molecule has 0 bridgehead atoms. The van der Waals surface area contributed by atoms with Crippen LogP contribution in [-0.2, 0) is 33.6 Å². The zero-order valence-corrected chi connectivity index (χ0v) is 27.9. The summed E-state index contributed by atoms with van der Waals surface area (Å²) in [6.45, 7) is 16.4. The third kappa shape index (κ3) is 4.52. The van der Waals surface area contributed by atoms with Gasteiger partial charge in [-0.1, -0.05) is 65.8 Å². The Hall–Kier alpha value is -3.71. The van der Waals surface area contributed by atoms with Crippen LogP contribution in [0.15, 0.2) is 41.2 Å². The normalized spacial score (nSPS) is 28.0. The second-order valence-corrected chi connectivity index (χ2v) is 14.9. The number of carbonyl (C=O) groups excluding carboxylic acids is 3. The van der Waals surface area contributed by atoms with Crippen LogP contribution >= 0.6 is 0 Å². The van der Waals surface area contributed by atoms with Gasteiger partial charge in [0.05, 0.1) is 5.56 Å². The van der Waals surface area contributed by atoms with Gasteiger partial charge >= 0.3 is 0 Å². The molecule has 0 amide bonds. The largest absolute Gasteiger partial charge is 0.508 e. The molecule has 1 unspecified atom stereocenters. The lowest BCUT2D eigenvalue weighted by Crippen LogP contribution is -2.69. The highest BCUT2D eigenvalue weighted by Crippen LogP contribution is 2.65. The van der Waals surface area contributed by atoms with Crippen molar-refractivity contribution < 1.29 is 34.8 Å². The molecule has 3 aliphatic carbocycles. The number of ketones is 3. The summed E-state index contributed by atoms with van der Waals surface area (Å²) in [4.78, 5) is 41.0. The first-order chi connectivity index (χ1) is 20.8. The average molecular weight is 615 g/mol. The van der Waals surface area contributed by atoms with E-state index in [0.29, 0.717) is 18.4 Å². The molecule has 1 fully saturated rings. The van der Waals surface area contributed by atoms with Gasteiger partial charge in [-0.2, -0.15) is 0 Å². The Morgan fingerprint density at radius 1 is 0.978 bits per heavy atom. The highest BCUT2D eigenvalue weighted by Gasteiger charge is 2.72. The van der Waals surface area contributed by atoms with Crippen LogP contribution in [0.3, 0.4) is 0 Å². The minimum absolute atomic E-state index is 0.0363. The minimum Gasteiger partial charge on any atom is -0.508 e. The Balaban J connectivity index is 1.73. The second kappa shape index (κ2) is 10.7. The summed E-state index contributed by atoms with van der Waals surface area (Å²) in [5, 5.41) is 47.4. The van der Waals surface area contributed by atoms with Gasteiger partial charge in [-0.15, -0.1) is 0 Å². The van der Waals surface area contributed by atoms with Crippen molar-refractivity contribution in [3.05, 3.63) is 80.1 Å². The van der Waals surface area contributed by atoms with E-state index in [1.165, 1.54) is 11.1 Å². The summed E-state index contributed by atoms with van der Waals surface area (Å²) < 4.78 is 0. The molecular weight excluding hydrogens is 568 g/mol. The van der Waals surface area contributed by atoms with Crippen molar-refractivity contribution in [2.75, 3.05) is 0 Å². The van der Waals surface area contributed by atoms with Crippen molar-refractivity contribution in [1.29, 1.82) is 0 Å². The number of phenols is 1. The Kier molecular flexibility index (Phi) is 7.76. The number of hydrogen-bond donors (Lipinski definition) is 4. The molecule has 2 aromatic carbocycles. The smallest absolute Gasteiger partial charge is 0.203 e. The first-order valence-electron chi connectivity index (χ1n) is 16.0. The third-order valence-electron chi connectivity index (χ3n) is 11.0. The lowest BCUT2D eigenvalue weighted by Gasteiger charge is -2.60. The zero-order valence-electron chi connectivity index (χ0n) is 27.9. The van der Waals surface area contributed by atoms with Crippen LogP contribution in [0.25, 0.3) is 5.76 Å². The SMILES string of the molecule is CC(=O)C1=C(O)[C@]2(O)C(=O)C3=C(O)c4c(O)c(CCc5ccc(C)c(C)c5)cc(C(C)C)c4C[C@]3(C)C[C@]2(C)C(C(C)C)C1=O. The van der Waals surface area contributed by atoms with E-state index >= 15 is 0 Å². The number of fused-ring (bicyclic) bond motifs is 3. The molecule has 3 aliphatic rings. The first-order valence-corrected chi connectivity index (χ1v) is 16.0. The fraction of sp³-hybridized carbons (Fsp3) is 0.500. The van der Waals surface area contributed by atoms with E-state index in [9.17, 15) is 34.8 Å². The number of rotatable bonds is 6. The average Bonchev–Trinajstić information content (AvgIpc) is 2.91. The van der Waals surface area contributed by atoms with Gasteiger partial charge in [0.1, 0.15) is 22.8 Å². The molecule has 2 aromatic rings. The number of aromatic hydroxyl groups is 1. The molecule has 240 valence electrons. The molecule has 7 heteroatoms. The maximum atomic E-state index is 14.6. The van der Waals surface area contributed by atoms with Crippen molar-refractivity contribution in [1.82, 2.24) is 0 Å². The Labute approximate surface area is 265 Å². The highest BCUT2D eigenvalue weighted by molar-refractivity contribution is 6.24. The lowest BCUT2D eigenvalue weighted by molar-refractivity contribution is -0.178. The Bertz CT molecular complexity index is 1720. The molecule has 4 N–H and O–H groups in total. The van der Waals surface area contributed by atoms with E-state index in [2.05, 4.69) is 32.0 Å². The molecule has 4 atom stereocenters. The van der Waals surface area contributed by atoms with Crippen LogP contribution in [0.5, 0.6) is 5.75 Å². The molecule has 0 spiro atoms. The second-order valence-electron chi connectivity index (χ2n) is 14.9. The van der Waals surface area contributed by atoms with Crippen LogP contribution in [0.1, 0.15) is 99.7 Å². The maximum Gasteiger partial charge on any atom is 0.203 e. The van der Waals surface area contributed by atoms with Crippen molar-refractivity contribution in [3.63, 3.8) is 0 Å². The standard InChI is InChI=1S/C38H46O7/c1-18(2)25-15-24(13-12-23-11-10-20(5)21(6)14-23)31(40)28-26(25)16-36(8)17-37(9)29(19(3)4)32(41)27(22(7)39)34(43)38(37,45)35(44)30(36)33(28)42/h10-11,14-15,18-19,29,40,42-43,45H,12-13,16-17H2,1-9H3/t29?,36-,37-,38+/m1/s1. The fourth-order valence-corrected chi connectivity index (χ4v) is 8.82. The van der Waals surface area contributed by atoms with Crippen molar-refractivity contribution in [3.8, 4) is 5.75 Å². The van der Waals surface area contributed by atoms with E-state index < -0.39 is 56.8 Å². The summed E-state index contributed by atoms with van der Waals surface area (Å²) in [6.07, 6.45) is 1.52. The van der Waals surface area contributed by atoms with Crippen molar-refractivity contribution in [2.24, 2.45) is 22.7 Å².